The molecule has 1 aromatic heterocycles. The second-order valence-corrected chi connectivity index (χ2v) is 5.47. The van der Waals surface area contributed by atoms with Crippen LogP contribution >= 0.6 is 11.3 Å². The molecule has 4 nitrogen and oxygen atoms in total. The number of thiophene rings is 1. The molecule has 1 aliphatic rings. The number of guanidine groups is 1. The van der Waals surface area contributed by atoms with Gasteiger partial charge < -0.3 is 5.73 Å². The molecule has 0 fully saturated rings. The average molecular weight is 271 g/mol. The Labute approximate surface area is 115 Å². The lowest BCUT2D eigenvalue weighted by Gasteiger charge is -2.23. The van der Waals surface area contributed by atoms with Crippen LogP contribution in [-0.2, 0) is 16.8 Å². The zero-order valence-corrected chi connectivity index (χ0v) is 11.0. The SMILES string of the molecule is NC1=N[C@@](Cc2cccs2)(c2ccccc2)C(=O)N1. The van der Waals surface area contributed by atoms with Crippen LogP contribution in [-0.4, -0.2) is 11.9 Å². The molecule has 5 heteroatoms. The number of carbonyl (C=O) groups excluding carboxylic acids is 1. The summed E-state index contributed by atoms with van der Waals surface area (Å²) in [5.41, 5.74) is 5.62. The topological polar surface area (TPSA) is 67.5 Å². The Kier molecular flexibility index (Phi) is 2.83. The molecule has 2 aromatic rings. The number of hydrogen-bond acceptors (Lipinski definition) is 4. The van der Waals surface area contributed by atoms with Gasteiger partial charge in [-0.15, -0.1) is 11.3 Å². The summed E-state index contributed by atoms with van der Waals surface area (Å²) in [5, 5.41) is 4.61. The standard InChI is InChI=1S/C14H13N3OS/c15-13-16-12(18)14(17-13,9-11-7-4-8-19-11)10-5-2-1-3-6-10/h1-8H,9H2,(H3,15,16,17,18)/t14-/m0/s1. The Bertz CT molecular complexity index is 621. The second-order valence-electron chi connectivity index (χ2n) is 4.43. The monoisotopic (exact) mass is 271 g/mol. The second kappa shape index (κ2) is 4.51. The fourth-order valence-electron chi connectivity index (χ4n) is 2.30. The highest BCUT2D eigenvalue weighted by Crippen LogP contribution is 2.34. The normalized spacial score (nSPS) is 22.1. The van der Waals surface area contributed by atoms with E-state index in [-0.39, 0.29) is 11.9 Å². The molecule has 0 aliphatic carbocycles. The highest BCUT2D eigenvalue weighted by Gasteiger charge is 2.45. The van der Waals surface area contributed by atoms with E-state index in [1.807, 2.05) is 47.8 Å². The largest absolute Gasteiger partial charge is 0.370 e. The Morgan fingerprint density at radius 2 is 2.00 bits per heavy atom. The first-order valence-corrected chi connectivity index (χ1v) is 6.83. The van der Waals surface area contributed by atoms with Gasteiger partial charge in [0, 0.05) is 11.3 Å². The Hall–Kier alpha value is -2.14. The summed E-state index contributed by atoms with van der Waals surface area (Å²) in [6, 6.07) is 13.5. The third-order valence-corrected chi connectivity index (χ3v) is 4.07. The van der Waals surface area contributed by atoms with Crippen LogP contribution in [0.15, 0.2) is 52.8 Å². The highest BCUT2D eigenvalue weighted by atomic mass is 32.1. The minimum absolute atomic E-state index is 0.162. The number of nitrogens with zero attached hydrogens (tertiary/aromatic N) is 1. The van der Waals surface area contributed by atoms with Crippen LogP contribution in [0.25, 0.3) is 0 Å². The lowest BCUT2D eigenvalue weighted by Crippen LogP contribution is -2.40. The van der Waals surface area contributed by atoms with Crippen molar-refractivity contribution in [2.75, 3.05) is 0 Å². The predicted octanol–water partition coefficient (Wildman–Crippen LogP) is 1.63. The molecule has 3 N–H and O–H groups in total. The van der Waals surface area contributed by atoms with Crippen molar-refractivity contribution in [2.45, 2.75) is 12.0 Å². The summed E-state index contributed by atoms with van der Waals surface area (Å²) >= 11 is 1.62. The molecule has 0 bridgehead atoms. The Morgan fingerprint density at radius 3 is 2.58 bits per heavy atom. The number of aliphatic imine (C=N–C) groups is 1. The minimum atomic E-state index is -0.934. The number of rotatable bonds is 3. The molecule has 0 spiro atoms. The summed E-state index contributed by atoms with van der Waals surface area (Å²) in [6.07, 6.45) is 0.529. The van der Waals surface area contributed by atoms with Gasteiger partial charge >= 0.3 is 0 Å². The predicted molar refractivity (Wildman–Crippen MR) is 75.9 cm³/mol. The van der Waals surface area contributed by atoms with Crippen molar-refractivity contribution in [3.05, 3.63) is 58.3 Å². The minimum Gasteiger partial charge on any atom is -0.370 e. The van der Waals surface area contributed by atoms with Gasteiger partial charge in [0.2, 0.25) is 0 Å². The molecule has 0 unspecified atom stereocenters. The van der Waals surface area contributed by atoms with Crippen molar-refractivity contribution >= 4 is 23.2 Å². The van der Waals surface area contributed by atoms with Crippen LogP contribution in [0.3, 0.4) is 0 Å². The van der Waals surface area contributed by atoms with E-state index >= 15 is 0 Å². The molecule has 19 heavy (non-hydrogen) atoms. The number of hydrogen-bond donors (Lipinski definition) is 2. The van der Waals surface area contributed by atoms with Gasteiger partial charge in [-0.2, -0.15) is 0 Å². The van der Waals surface area contributed by atoms with E-state index in [4.69, 9.17) is 5.73 Å². The summed E-state index contributed by atoms with van der Waals surface area (Å²) < 4.78 is 0. The van der Waals surface area contributed by atoms with Crippen molar-refractivity contribution in [1.29, 1.82) is 0 Å². The molecule has 1 aliphatic heterocycles. The van der Waals surface area contributed by atoms with Gasteiger partial charge in [-0.3, -0.25) is 10.1 Å². The van der Waals surface area contributed by atoms with Gasteiger partial charge in [0.1, 0.15) is 0 Å². The number of amides is 1. The molecule has 1 aromatic carbocycles. The van der Waals surface area contributed by atoms with E-state index in [0.717, 1.165) is 10.4 Å². The lowest BCUT2D eigenvalue weighted by atomic mass is 9.86. The quantitative estimate of drug-likeness (QED) is 0.891. The first kappa shape index (κ1) is 11.9. The van der Waals surface area contributed by atoms with Crippen molar-refractivity contribution < 1.29 is 4.79 Å². The van der Waals surface area contributed by atoms with E-state index < -0.39 is 5.54 Å². The van der Waals surface area contributed by atoms with Crippen LogP contribution < -0.4 is 11.1 Å². The summed E-state index contributed by atoms with van der Waals surface area (Å²) in [4.78, 5) is 17.8. The zero-order valence-electron chi connectivity index (χ0n) is 10.2. The van der Waals surface area contributed by atoms with Gasteiger partial charge in [-0.1, -0.05) is 36.4 Å². The van der Waals surface area contributed by atoms with Crippen molar-refractivity contribution in [1.82, 2.24) is 5.32 Å². The average Bonchev–Trinajstić information content (AvgIpc) is 3.00. The first-order chi connectivity index (χ1) is 9.21. The smallest absolute Gasteiger partial charge is 0.259 e. The van der Waals surface area contributed by atoms with Gasteiger partial charge in [-0.25, -0.2) is 4.99 Å². The molecule has 0 radical (unpaired) electrons. The van der Waals surface area contributed by atoms with Gasteiger partial charge in [0.15, 0.2) is 11.5 Å². The molecular weight excluding hydrogens is 258 g/mol. The third-order valence-electron chi connectivity index (χ3n) is 3.19. The van der Waals surface area contributed by atoms with Crippen LogP contribution in [0.4, 0.5) is 0 Å². The van der Waals surface area contributed by atoms with Crippen molar-refractivity contribution in [3.8, 4) is 0 Å². The maximum atomic E-state index is 12.3. The number of carbonyl (C=O) groups is 1. The zero-order chi connectivity index (χ0) is 13.3. The fraction of sp³-hybridized carbons (Fsp3) is 0.143. The van der Waals surface area contributed by atoms with Crippen molar-refractivity contribution in [3.63, 3.8) is 0 Å². The van der Waals surface area contributed by atoms with Gasteiger partial charge in [0.05, 0.1) is 0 Å². The number of nitrogens with two attached hydrogens (primary N) is 1. The van der Waals surface area contributed by atoms with E-state index in [0.29, 0.717) is 6.42 Å². The van der Waals surface area contributed by atoms with Crippen molar-refractivity contribution in [2.24, 2.45) is 10.7 Å². The van der Waals surface area contributed by atoms with Gasteiger partial charge in [0.25, 0.3) is 5.91 Å². The molecule has 0 saturated carbocycles. The van der Waals surface area contributed by atoms with Crippen LogP contribution in [0.2, 0.25) is 0 Å². The first-order valence-electron chi connectivity index (χ1n) is 5.95. The molecule has 96 valence electrons. The van der Waals surface area contributed by atoms with Gasteiger partial charge in [-0.05, 0) is 17.0 Å². The molecule has 1 atom stereocenters. The summed E-state index contributed by atoms with van der Waals surface area (Å²) in [7, 11) is 0. The van der Waals surface area contributed by atoms with E-state index in [2.05, 4.69) is 10.3 Å². The summed E-state index contributed by atoms with van der Waals surface area (Å²) in [6.45, 7) is 0. The summed E-state index contributed by atoms with van der Waals surface area (Å²) in [5.74, 6) is 0.0232. The van der Waals surface area contributed by atoms with E-state index in [1.165, 1.54) is 0 Å². The van der Waals surface area contributed by atoms with Crippen LogP contribution in [0, 0.1) is 0 Å². The third kappa shape index (κ3) is 2.02. The molecule has 0 saturated heterocycles. The Balaban J connectivity index is 2.09. The molecule has 3 rings (SSSR count). The molecule has 1 amide bonds. The highest BCUT2D eigenvalue weighted by molar-refractivity contribution is 7.09. The van der Waals surface area contributed by atoms with Crippen LogP contribution in [0.5, 0.6) is 0 Å². The fourth-order valence-corrected chi connectivity index (χ4v) is 3.08. The lowest BCUT2D eigenvalue weighted by molar-refractivity contribution is -0.124. The molecular formula is C14H13N3OS. The van der Waals surface area contributed by atoms with E-state index in [1.54, 1.807) is 11.3 Å². The van der Waals surface area contributed by atoms with Crippen LogP contribution in [0.1, 0.15) is 10.4 Å². The maximum Gasteiger partial charge on any atom is 0.259 e. The maximum absolute atomic E-state index is 12.3. The Morgan fingerprint density at radius 1 is 1.21 bits per heavy atom. The molecule has 2 heterocycles. The number of nitrogens with one attached hydrogen (secondary N) is 1. The van der Waals surface area contributed by atoms with E-state index in [9.17, 15) is 4.79 Å². The number of benzene rings is 1.